The Hall–Kier alpha value is -2.12. The molecule has 16 heavy (non-hydrogen) atoms. The average Bonchev–Trinajstić information content (AvgIpc) is 2.16. The van der Waals surface area contributed by atoms with E-state index < -0.39 is 11.1 Å². The van der Waals surface area contributed by atoms with Crippen molar-refractivity contribution in [1.82, 2.24) is 0 Å². The summed E-state index contributed by atoms with van der Waals surface area (Å²) in [5.74, 6) is 0. The highest BCUT2D eigenvalue weighted by atomic mass is 19.4. The van der Waals surface area contributed by atoms with Crippen LogP contribution in [-0.2, 0) is 0 Å². The molecule has 0 aliphatic carbocycles. The molecule has 5 nitrogen and oxygen atoms in total. The lowest BCUT2D eigenvalue weighted by molar-refractivity contribution is -0.384. The van der Waals surface area contributed by atoms with Crippen molar-refractivity contribution in [3.05, 3.63) is 34.4 Å². The van der Waals surface area contributed by atoms with Crippen LogP contribution in [-0.4, -0.2) is 17.3 Å². The number of benzene rings is 1. The second kappa shape index (κ2) is 4.60. The first-order valence-electron chi connectivity index (χ1n) is 4.00. The molecule has 1 rings (SSSR count). The Bertz CT molecular complexity index is 400. The summed E-state index contributed by atoms with van der Waals surface area (Å²) in [6.45, 7) is 0. The molecule has 0 saturated carbocycles. The molecular formula is C8H6F3N3O2. The van der Waals surface area contributed by atoms with Gasteiger partial charge in [-0.25, -0.2) is 0 Å². The second-order valence-electron chi connectivity index (χ2n) is 2.72. The Labute approximate surface area is 87.7 Å². The van der Waals surface area contributed by atoms with Crippen LogP contribution in [0.3, 0.4) is 0 Å². The maximum Gasteiger partial charge on any atom is 0.428 e. The van der Waals surface area contributed by atoms with Crippen LogP contribution < -0.4 is 5.43 Å². The Kier molecular flexibility index (Phi) is 3.44. The van der Waals surface area contributed by atoms with Crippen molar-refractivity contribution in [3.8, 4) is 0 Å². The van der Waals surface area contributed by atoms with Gasteiger partial charge in [-0.1, -0.05) is 0 Å². The molecule has 0 aliphatic heterocycles. The van der Waals surface area contributed by atoms with Gasteiger partial charge in [0.2, 0.25) is 0 Å². The minimum absolute atomic E-state index is 0.148. The first kappa shape index (κ1) is 12.0. The maximum absolute atomic E-state index is 11.6. The van der Waals surface area contributed by atoms with Crippen molar-refractivity contribution in [3.63, 3.8) is 0 Å². The number of nitrogens with one attached hydrogen (secondary N) is 1. The molecule has 0 atom stereocenters. The van der Waals surface area contributed by atoms with Crippen molar-refractivity contribution in [1.29, 1.82) is 0 Å². The maximum atomic E-state index is 11.6. The average molecular weight is 233 g/mol. The van der Waals surface area contributed by atoms with E-state index in [1.807, 2.05) is 0 Å². The Balaban J connectivity index is 2.63. The number of nitro benzene ring substituents is 1. The molecule has 0 radical (unpaired) electrons. The van der Waals surface area contributed by atoms with Crippen LogP contribution in [0.1, 0.15) is 0 Å². The van der Waals surface area contributed by atoms with Crippen molar-refractivity contribution in [2.45, 2.75) is 6.18 Å². The van der Waals surface area contributed by atoms with Gasteiger partial charge < -0.3 is 0 Å². The minimum atomic E-state index is -4.49. The number of nitro groups is 1. The summed E-state index contributed by atoms with van der Waals surface area (Å²) < 4.78 is 34.9. The molecule has 0 amide bonds. The highest BCUT2D eigenvalue weighted by Crippen LogP contribution is 2.16. The van der Waals surface area contributed by atoms with E-state index in [2.05, 4.69) is 10.5 Å². The van der Waals surface area contributed by atoms with Crippen molar-refractivity contribution in [2.24, 2.45) is 5.10 Å². The number of hydrogen-bond acceptors (Lipinski definition) is 4. The SMILES string of the molecule is O=[N+]([O-])c1ccc(N/N=C/C(F)(F)F)cc1. The molecule has 0 saturated heterocycles. The summed E-state index contributed by atoms with van der Waals surface area (Å²) >= 11 is 0. The van der Waals surface area contributed by atoms with E-state index in [-0.39, 0.29) is 17.6 Å². The van der Waals surface area contributed by atoms with Gasteiger partial charge in [-0.15, -0.1) is 0 Å². The fourth-order valence-electron chi connectivity index (χ4n) is 0.838. The number of rotatable bonds is 3. The Morgan fingerprint density at radius 3 is 2.31 bits per heavy atom. The first-order valence-corrected chi connectivity index (χ1v) is 4.00. The topological polar surface area (TPSA) is 67.5 Å². The molecule has 0 fully saturated rings. The smallest absolute Gasteiger partial charge is 0.279 e. The van der Waals surface area contributed by atoms with E-state index in [9.17, 15) is 23.3 Å². The monoisotopic (exact) mass is 233 g/mol. The van der Waals surface area contributed by atoms with Crippen LogP contribution in [0.5, 0.6) is 0 Å². The van der Waals surface area contributed by atoms with Gasteiger partial charge in [-0.3, -0.25) is 15.5 Å². The molecular weight excluding hydrogens is 227 g/mol. The summed E-state index contributed by atoms with van der Waals surface area (Å²) in [5.41, 5.74) is 2.17. The number of halogens is 3. The summed E-state index contributed by atoms with van der Waals surface area (Å²) in [7, 11) is 0. The lowest BCUT2D eigenvalue weighted by Gasteiger charge is -2.00. The number of hydrazone groups is 1. The molecule has 1 aromatic carbocycles. The van der Waals surface area contributed by atoms with Gasteiger partial charge >= 0.3 is 6.18 Å². The van der Waals surface area contributed by atoms with Gasteiger partial charge in [-0.05, 0) is 12.1 Å². The van der Waals surface area contributed by atoms with Crippen LogP contribution in [0, 0.1) is 10.1 Å². The van der Waals surface area contributed by atoms with Crippen molar-refractivity contribution < 1.29 is 18.1 Å². The molecule has 0 bridgehead atoms. The highest BCUT2D eigenvalue weighted by Gasteiger charge is 2.23. The van der Waals surface area contributed by atoms with Crippen LogP contribution in [0.25, 0.3) is 0 Å². The van der Waals surface area contributed by atoms with Crippen LogP contribution in [0.2, 0.25) is 0 Å². The van der Waals surface area contributed by atoms with E-state index in [4.69, 9.17) is 0 Å². The zero-order chi connectivity index (χ0) is 12.2. The fraction of sp³-hybridized carbons (Fsp3) is 0.125. The second-order valence-corrected chi connectivity index (χ2v) is 2.72. The van der Waals surface area contributed by atoms with Gasteiger partial charge in [-0.2, -0.15) is 18.3 Å². The highest BCUT2D eigenvalue weighted by molar-refractivity contribution is 5.65. The van der Waals surface area contributed by atoms with Gasteiger partial charge in [0.1, 0.15) is 6.21 Å². The van der Waals surface area contributed by atoms with E-state index in [1.165, 1.54) is 12.1 Å². The third kappa shape index (κ3) is 3.95. The van der Waals surface area contributed by atoms with E-state index in [0.717, 1.165) is 12.1 Å². The van der Waals surface area contributed by atoms with Crippen LogP contribution >= 0.6 is 0 Å². The van der Waals surface area contributed by atoms with E-state index >= 15 is 0 Å². The summed E-state index contributed by atoms with van der Waals surface area (Å²) in [6, 6.07) is 4.83. The lowest BCUT2D eigenvalue weighted by atomic mass is 10.3. The zero-order valence-electron chi connectivity index (χ0n) is 7.73. The van der Waals surface area contributed by atoms with Crippen LogP contribution in [0.15, 0.2) is 29.4 Å². The van der Waals surface area contributed by atoms with Gasteiger partial charge in [0, 0.05) is 12.1 Å². The first-order chi connectivity index (χ1) is 7.38. The molecule has 86 valence electrons. The number of nitrogens with zero attached hydrogens (tertiary/aromatic N) is 2. The van der Waals surface area contributed by atoms with E-state index in [1.54, 1.807) is 0 Å². The Morgan fingerprint density at radius 2 is 1.88 bits per heavy atom. The van der Waals surface area contributed by atoms with E-state index in [0.29, 0.717) is 0 Å². The minimum Gasteiger partial charge on any atom is -0.279 e. The quantitative estimate of drug-likeness (QED) is 0.495. The largest absolute Gasteiger partial charge is 0.428 e. The van der Waals surface area contributed by atoms with Crippen molar-refractivity contribution >= 4 is 17.6 Å². The van der Waals surface area contributed by atoms with Crippen LogP contribution in [0.4, 0.5) is 24.5 Å². The standard InChI is InChI=1S/C8H6F3N3O2/c9-8(10,11)5-12-13-6-1-3-7(4-2-6)14(15)16/h1-5,13H/b12-5+. The van der Waals surface area contributed by atoms with Gasteiger partial charge in [0.15, 0.2) is 0 Å². The molecule has 8 heteroatoms. The predicted octanol–water partition coefficient (Wildman–Crippen LogP) is 2.55. The fourth-order valence-corrected chi connectivity index (χ4v) is 0.838. The summed E-state index contributed by atoms with van der Waals surface area (Å²) in [4.78, 5) is 9.66. The van der Waals surface area contributed by atoms with Gasteiger partial charge in [0.05, 0.1) is 10.6 Å². The lowest BCUT2D eigenvalue weighted by Crippen LogP contribution is -2.09. The molecule has 0 aromatic heterocycles. The molecule has 1 aromatic rings. The molecule has 0 aliphatic rings. The third-order valence-electron chi connectivity index (χ3n) is 1.48. The normalized spacial score (nSPS) is 11.7. The van der Waals surface area contributed by atoms with Crippen molar-refractivity contribution in [2.75, 3.05) is 5.43 Å². The molecule has 0 heterocycles. The molecule has 0 unspecified atom stereocenters. The number of anilines is 1. The molecule has 0 spiro atoms. The Morgan fingerprint density at radius 1 is 1.31 bits per heavy atom. The number of alkyl halides is 3. The molecule has 1 N–H and O–H groups in total. The number of non-ortho nitro benzene ring substituents is 1. The van der Waals surface area contributed by atoms with Gasteiger partial charge in [0.25, 0.3) is 5.69 Å². The number of hydrogen-bond donors (Lipinski definition) is 1. The summed E-state index contributed by atoms with van der Waals surface area (Å²) in [5, 5.41) is 13.2. The third-order valence-corrected chi connectivity index (χ3v) is 1.48. The predicted molar refractivity (Wildman–Crippen MR) is 51.3 cm³/mol. The summed E-state index contributed by atoms with van der Waals surface area (Å²) in [6.07, 6.45) is -4.71. The zero-order valence-corrected chi connectivity index (χ0v) is 7.73.